The molecule has 0 unspecified atom stereocenters. The number of methoxy groups -OCH3 is 2. The molecule has 15 heteroatoms. The molecule has 0 atom stereocenters. The van der Waals surface area contributed by atoms with Crippen LogP contribution < -0.4 is 0 Å². The van der Waals surface area contributed by atoms with Gasteiger partial charge in [0.2, 0.25) is 6.61 Å². The van der Waals surface area contributed by atoms with Gasteiger partial charge in [-0.1, -0.05) is 33.7 Å². The molecule has 0 fully saturated rings. The third-order valence-corrected chi connectivity index (χ3v) is 7.50. The predicted octanol–water partition coefficient (Wildman–Crippen LogP) is 2.66. The Balaban J connectivity index is 0.000000580. The number of nitrogens with zero attached hydrogens (tertiary/aromatic N) is 2. The third kappa shape index (κ3) is 25.9. The first-order valence-electron chi connectivity index (χ1n) is 10.6. The minimum Gasteiger partial charge on any atom is -0.563 e. The number of hydrogen-bond donors (Lipinski definition) is 1. The summed E-state index contributed by atoms with van der Waals surface area (Å²) in [6.45, 7) is 0.494. The van der Waals surface area contributed by atoms with Crippen LogP contribution in [0.15, 0.2) is 58.8 Å². The molecule has 0 amide bonds. The lowest BCUT2D eigenvalue weighted by atomic mass is 10.5. The van der Waals surface area contributed by atoms with Crippen molar-refractivity contribution in [3.05, 3.63) is 48.8 Å². The molecule has 2 heterocycles. The first-order chi connectivity index (χ1) is 18.0. The van der Waals surface area contributed by atoms with E-state index in [1.54, 1.807) is 55.6 Å². The highest BCUT2D eigenvalue weighted by Crippen LogP contribution is 2.28. The molecule has 0 saturated carbocycles. The smallest absolute Gasteiger partial charge is 0.542 e. The number of carbonyl (C=O) groups excluding carboxylic acids is 2. The van der Waals surface area contributed by atoms with Crippen LogP contribution in [0.2, 0.25) is 0 Å². The van der Waals surface area contributed by atoms with Crippen LogP contribution in [0.4, 0.5) is 0 Å². The number of rotatable bonds is 17. The Hall–Kier alpha value is -1.56. The second-order valence-electron chi connectivity index (χ2n) is 6.02. The van der Waals surface area contributed by atoms with Gasteiger partial charge in [-0.2, -0.15) is 0 Å². The number of carbonyl (C=O) groups is 2. The molecule has 208 valence electrons. The molecular formula is C22H33N2O9S4+. The quantitative estimate of drug-likeness (QED) is 0.0936. The minimum absolute atomic E-state index is 0.0740. The molecule has 2 aromatic rings. The Kier molecular flexibility index (Phi) is 26.3. The van der Waals surface area contributed by atoms with Crippen molar-refractivity contribution in [2.24, 2.45) is 0 Å². The van der Waals surface area contributed by atoms with Crippen molar-refractivity contribution in [1.82, 2.24) is 9.97 Å². The van der Waals surface area contributed by atoms with E-state index >= 15 is 0 Å². The second-order valence-corrected chi connectivity index (χ2v) is 10.9. The van der Waals surface area contributed by atoms with Gasteiger partial charge in [-0.25, -0.2) is 14.8 Å². The van der Waals surface area contributed by atoms with E-state index in [9.17, 15) is 9.59 Å². The fourth-order valence-corrected chi connectivity index (χ4v) is 5.05. The van der Waals surface area contributed by atoms with Crippen molar-refractivity contribution in [3.8, 4) is 0 Å². The van der Waals surface area contributed by atoms with E-state index in [1.165, 1.54) is 14.2 Å². The lowest BCUT2D eigenvalue weighted by Gasteiger charge is -2.04. The summed E-state index contributed by atoms with van der Waals surface area (Å²) in [4.78, 5) is 29.2. The van der Waals surface area contributed by atoms with Crippen LogP contribution in [-0.2, 0) is 33.3 Å². The van der Waals surface area contributed by atoms with Crippen LogP contribution in [0, 0.1) is 0 Å². The normalized spacial score (nSPS) is 9.92. The van der Waals surface area contributed by atoms with E-state index in [4.69, 9.17) is 19.7 Å². The molecular weight excluding hydrogens is 565 g/mol. The average Bonchev–Trinajstić information content (AvgIpc) is 2.91. The Morgan fingerprint density at radius 1 is 0.865 bits per heavy atom. The van der Waals surface area contributed by atoms with Gasteiger partial charge >= 0.3 is 11.9 Å². The molecule has 0 aliphatic heterocycles. The number of aliphatic hydroxyl groups excluding tert-OH is 1. The lowest BCUT2D eigenvalue weighted by Crippen LogP contribution is -2.15. The molecule has 0 aromatic carbocycles. The first kappa shape index (κ1) is 35.4. The van der Waals surface area contributed by atoms with E-state index < -0.39 is 5.97 Å². The van der Waals surface area contributed by atoms with Crippen molar-refractivity contribution in [2.45, 2.75) is 10.1 Å². The highest BCUT2D eigenvalue weighted by Gasteiger charge is 2.03. The summed E-state index contributed by atoms with van der Waals surface area (Å²) in [5.74, 6) is 0.343. The lowest BCUT2D eigenvalue weighted by molar-refractivity contribution is -0.152. The minimum atomic E-state index is -0.734. The standard InChI is InChI=1S/C11H15NO4S2.C7H9NOS2.C4H8O4/c1-14-9-15-8-11(13)16-6-7-17-18-10-4-2-3-5-12-10;9-5-6-10-11-7-3-1-2-4-8-7;1-7-3-8-2-4(5)6/h2-5H,6-9H2,1H3;1-4,9H,5-6H2;2-3H2,1H3,(H,5,6)/p+1. The largest absolute Gasteiger partial charge is 0.563 e. The van der Waals surface area contributed by atoms with Crippen molar-refractivity contribution < 1.29 is 43.5 Å². The van der Waals surface area contributed by atoms with Gasteiger partial charge in [-0.3, -0.25) is 0 Å². The summed E-state index contributed by atoms with van der Waals surface area (Å²) >= 11 is 0. The van der Waals surface area contributed by atoms with Gasteiger partial charge in [0.1, 0.15) is 36.9 Å². The maximum absolute atomic E-state index is 11.1. The summed E-state index contributed by atoms with van der Waals surface area (Å²) in [6.07, 6.45) is 3.51. The van der Waals surface area contributed by atoms with E-state index in [2.05, 4.69) is 24.2 Å². The summed E-state index contributed by atoms with van der Waals surface area (Å²) in [5.41, 5.74) is 0. The first-order valence-corrected chi connectivity index (χ1v) is 15.2. The Bertz CT molecular complexity index is 796. The van der Waals surface area contributed by atoms with Gasteiger partial charge in [-0.05, 0) is 45.9 Å². The van der Waals surface area contributed by atoms with Gasteiger partial charge in [0.05, 0.1) is 6.61 Å². The SMILES string of the molecule is COCOCC(=O)OCCSSc1ccccn1.COCOCC(=O)[OH2+].OCCSSc1ccccn1. The van der Waals surface area contributed by atoms with Crippen molar-refractivity contribution >= 4 is 55.1 Å². The summed E-state index contributed by atoms with van der Waals surface area (Å²) in [6, 6.07) is 11.5. The monoisotopic (exact) mass is 597 g/mol. The van der Waals surface area contributed by atoms with Gasteiger partial charge in [0.15, 0.2) is 0 Å². The molecule has 0 radical (unpaired) electrons. The van der Waals surface area contributed by atoms with Gasteiger partial charge in [-0.15, -0.1) is 0 Å². The number of pyridine rings is 2. The van der Waals surface area contributed by atoms with E-state index in [-0.39, 0.29) is 39.4 Å². The van der Waals surface area contributed by atoms with Crippen LogP contribution in [0.3, 0.4) is 0 Å². The molecule has 0 aliphatic rings. The molecule has 0 spiro atoms. The van der Waals surface area contributed by atoms with Gasteiger partial charge in [0.25, 0.3) is 0 Å². The Morgan fingerprint density at radius 3 is 1.86 bits per heavy atom. The summed E-state index contributed by atoms with van der Waals surface area (Å²) in [5, 5.41) is 16.8. The number of esters is 1. The number of hydrogen-bond acceptors (Lipinski definition) is 14. The van der Waals surface area contributed by atoms with Gasteiger partial charge in [0, 0.05) is 42.9 Å². The van der Waals surface area contributed by atoms with Crippen molar-refractivity contribution in [2.75, 3.05) is 65.7 Å². The van der Waals surface area contributed by atoms with Crippen LogP contribution in [-0.4, -0.2) is 97.9 Å². The fourth-order valence-electron chi connectivity index (χ4n) is 1.69. The van der Waals surface area contributed by atoms with E-state index in [0.717, 1.165) is 15.8 Å². The molecule has 0 aliphatic carbocycles. The molecule has 0 bridgehead atoms. The van der Waals surface area contributed by atoms with Crippen LogP contribution in [0.25, 0.3) is 0 Å². The van der Waals surface area contributed by atoms with Crippen LogP contribution in [0.1, 0.15) is 0 Å². The molecule has 11 nitrogen and oxygen atoms in total. The summed E-state index contributed by atoms with van der Waals surface area (Å²) < 4.78 is 23.4. The van der Waals surface area contributed by atoms with Crippen LogP contribution >= 0.6 is 43.2 Å². The predicted molar refractivity (Wildman–Crippen MR) is 147 cm³/mol. The highest BCUT2D eigenvalue weighted by atomic mass is 33.1. The third-order valence-electron chi connectivity index (χ3n) is 3.02. The molecule has 0 saturated heterocycles. The fraction of sp³-hybridized carbons (Fsp3) is 0.455. The Morgan fingerprint density at radius 2 is 1.41 bits per heavy atom. The highest BCUT2D eigenvalue weighted by molar-refractivity contribution is 8.77. The number of ether oxygens (including phenoxy) is 5. The van der Waals surface area contributed by atoms with Gasteiger partial charge < -0.3 is 33.9 Å². The van der Waals surface area contributed by atoms with Crippen molar-refractivity contribution in [3.63, 3.8) is 0 Å². The topological polar surface area (TPSA) is 149 Å². The maximum Gasteiger partial charge on any atom is 0.542 e. The zero-order valence-electron chi connectivity index (χ0n) is 20.6. The Labute approximate surface area is 232 Å². The molecule has 2 aromatic heterocycles. The number of aliphatic hydroxyl groups is 1. The van der Waals surface area contributed by atoms with E-state index in [0.29, 0.717) is 12.4 Å². The maximum atomic E-state index is 11.1. The zero-order valence-corrected chi connectivity index (χ0v) is 23.9. The number of aromatic nitrogens is 2. The average molecular weight is 598 g/mol. The second kappa shape index (κ2) is 27.5. The van der Waals surface area contributed by atoms with Crippen LogP contribution in [0.5, 0.6) is 0 Å². The van der Waals surface area contributed by atoms with E-state index in [1.807, 2.05) is 36.4 Å². The zero-order chi connectivity index (χ0) is 27.4. The molecule has 2 rings (SSSR count). The van der Waals surface area contributed by atoms with Crippen molar-refractivity contribution in [1.29, 1.82) is 0 Å². The summed E-state index contributed by atoms with van der Waals surface area (Å²) in [7, 11) is 9.30. The molecule has 3 N–H and O–H groups in total. The molecule has 37 heavy (non-hydrogen) atoms.